The number of rotatable bonds is 4. The molecule has 19 heavy (non-hydrogen) atoms. The zero-order valence-corrected chi connectivity index (χ0v) is 12.5. The summed E-state index contributed by atoms with van der Waals surface area (Å²) in [5.41, 5.74) is 8.89. The van der Waals surface area contributed by atoms with E-state index >= 15 is 0 Å². The van der Waals surface area contributed by atoms with Crippen molar-refractivity contribution >= 4 is 32.7 Å². The van der Waals surface area contributed by atoms with Gasteiger partial charge in [0, 0.05) is 36.5 Å². The van der Waals surface area contributed by atoms with E-state index in [1.165, 1.54) is 12.8 Å². The molecule has 3 rings (SSSR count). The number of pyridine rings is 2. The van der Waals surface area contributed by atoms with Gasteiger partial charge in [-0.2, -0.15) is 0 Å². The molecule has 4 nitrogen and oxygen atoms in total. The van der Waals surface area contributed by atoms with Gasteiger partial charge in [0.25, 0.3) is 0 Å². The maximum absolute atomic E-state index is 5.93. The SMILES string of the molecule is CN(c1ccnc2cc(Br)cnc12)C(CN)C1CC1. The minimum atomic E-state index is 0.399. The Hall–Kier alpha value is -1.20. The zero-order valence-electron chi connectivity index (χ0n) is 10.9. The third-order valence-corrected chi connectivity index (χ3v) is 4.24. The number of aromatic nitrogens is 2. The Morgan fingerprint density at radius 2 is 2.26 bits per heavy atom. The number of nitrogens with two attached hydrogens (primary N) is 1. The second-order valence-corrected chi connectivity index (χ2v) is 6.02. The van der Waals surface area contributed by atoms with Crippen molar-refractivity contribution in [2.75, 3.05) is 18.5 Å². The minimum absolute atomic E-state index is 0.399. The average molecular weight is 321 g/mol. The third-order valence-electron chi connectivity index (χ3n) is 3.81. The van der Waals surface area contributed by atoms with Gasteiger partial charge in [-0.1, -0.05) is 0 Å². The average Bonchev–Trinajstić information content (AvgIpc) is 3.23. The van der Waals surface area contributed by atoms with Crippen LogP contribution in [0.1, 0.15) is 12.8 Å². The Morgan fingerprint density at radius 3 is 2.95 bits per heavy atom. The van der Waals surface area contributed by atoms with Crippen LogP contribution in [0, 0.1) is 5.92 Å². The molecule has 1 atom stereocenters. The topological polar surface area (TPSA) is 55.0 Å². The lowest BCUT2D eigenvalue weighted by Gasteiger charge is -2.29. The smallest absolute Gasteiger partial charge is 0.112 e. The molecule has 0 aromatic carbocycles. The number of likely N-dealkylation sites (N-methyl/N-ethyl adjacent to an activating group) is 1. The molecule has 100 valence electrons. The second-order valence-electron chi connectivity index (χ2n) is 5.10. The lowest BCUT2D eigenvalue weighted by molar-refractivity contribution is 0.571. The number of hydrogen-bond acceptors (Lipinski definition) is 4. The number of nitrogens with zero attached hydrogens (tertiary/aromatic N) is 3. The van der Waals surface area contributed by atoms with E-state index in [-0.39, 0.29) is 0 Å². The van der Waals surface area contributed by atoms with Crippen molar-refractivity contribution in [1.29, 1.82) is 0 Å². The molecule has 0 bridgehead atoms. The van der Waals surface area contributed by atoms with Crippen LogP contribution in [-0.4, -0.2) is 29.6 Å². The van der Waals surface area contributed by atoms with Crippen LogP contribution >= 0.6 is 15.9 Å². The highest BCUT2D eigenvalue weighted by Crippen LogP contribution is 2.37. The Bertz CT molecular complexity index is 597. The van der Waals surface area contributed by atoms with Crippen LogP contribution in [-0.2, 0) is 0 Å². The van der Waals surface area contributed by atoms with Crippen LogP contribution in [0.25, 0.3) is 11.0 Å². The number of hydrogen-bond donors (Lipinski definition) is 1. The van der Waals surface area contributed by atoms with Gasteiger partial charge in [0.05, 0.1) is 11.2 Å². The van der Waals surface area contributed by atoms with Gasteiger partial charge < -0.3 is 10.6 Å². The van der Waals surface area contributed by atoms with Crippen LogP contribution in [0.15, 0.2) is 29.0 Å². The molecule has 1 saturated carbocycles. The summed E-state index contributed by atoms with van der Waals surface area (Å²) in [6, 6.07) is 4.42. The molecule has 2 aromatic heterocycles. The predicted octanol–water partition coefficient (Wildman–Crippen LogP) is 2.57. The van der Waals surface area contributed by atoms with Crippen molar-refractivity contribution in [2.45, 2.75) is 18.9 Å². The van der Waals surface area contributed by atoms with Gasteiger partial charge in [0.2, 0.25) is 0 Å². The standard InChI is InChI=1S/C14H17BrN4/c1-19(13(7-16)9-2-3-9)12-4-5-17-11-6-10(15)8-18-14(11)12/h4-6,8-9,13H,2-3,7,16H2,1H3. The van der Waals surface area contributed by atoms with Crippen molar-refractivity contribution in [2.24, 2.45) is 11.7 Å². The Morgan fingerprint density at radius 1 is 1.47 bits per heavy atom. The first-order valence-corrected chi connectivity index (χ1v) is 7.33. The maximum atomic E-state index is 5.93. The molecular formula is C14H17BrN4. The summed E-state index contributed by atoms with van der Waals surface area (Å²) in [6.07, 6.45) is 6.22. The normalized spacial score (nSPS) is 16.6. The molecule has 2 N–H and O–H groups in total. The molecule has 0 spiro atoms. The lowest BCUT2D eigenvalue weighted by atomic mass is 10.1. The Kier molecular flexibility index (Phi) is 3.41. The van der Waals surface area contributed by atoms with E-state index in [0.717, 1.165) is 27.1 Å². The zero-order chi connectivity index (χ0) is 13.4. The fourth-order valence-electron chi connectivity index (χ4n) is 2.60. The molecule has 0 radical (unpaired) electrons. The summed E-state index contributed by atoms with van der Waals surface area (Å²) in [5, 5.41) is 0. The molecule has 2 aromatic rings. The first kappa shape index (κ1) is 12.8. The first-order valence-electron chi connectivity index (χ1n) is 6.54. The fraction of sp³-hybridized carbons (Fsp3) is 0.429. The van der Waals surface area contributed by atoms with E-state index in [4.69, 9.17) is 5.73 Å². The second kappa shape index (κ2) is 5.06. The monoisotopic (exact) mass is 320 g/mol. The molecule has 5 heteroatoms. The Balaban J connectivity index is 2.03. The number of anilines is 1. The van der Waals surface area contributed by atoms with E-state index in [2.05, 4.69) is 37.8 Å². The summed E-state index contributed by atoms with van der Waals surface area (Å²) in [6.45, 7) is 0.682. The highest BCUT2D eigenvalue weighted by Gasteiger charge is 2.33. The molecule has 1 unspecified atom stereocenters. The van der Waals surface area contributed by atoms with Crippen LogP contribution in [0.2, 0.25) is 0 Å². The molecule has 0 aliphatic heterocycles. The van der Waals surface area contributed by atoms with Crippen molar-refractivity contribution in [1.82, 2.24) is 9.97 Å². The van der Waals surface area contributed by atoms with E-state index < -0.39 is 0 Å². The summed E-state index contributed by atoms with van der Waals surface area (Å²) in [4.78, 5) is 11.2. The van der Waals surface area contributed by atoms with Gasteiger partial charge in [0.15, 0.2) is 0 Å². The van der Waals surface area contributed by atoms with Gasteiger partial charge in [0.1, 0.15) is 5.52 Å². The van der Waals surface area contributed by atoms with E-state index in [0.29, 0.717) is 12.6 Å². The van der Waals surface area contributed by atoms with Crippen LogP contribution in [0.5, 0.6) is 0 Å². The predicted molar refractivity (Wildman–Crippen MR) is 81.2 cm³/mol. The molecule has 1 aliphatic rings. The van der Waals surface area contributed by atoms with Crippen LogP contribution in [0.4, 0.5) is 5.69 Å². The number of halogens is 1. The van der Waals surface area contributed by atoms with Crippen molar-refractivity contribution in [3.05, 3.63) is 29.0 Å². The molecule has 2 heterocycles. The van der Waals surface area contributed by atoms with E-state index in [1.807, 2.05) is 24.5 Å². The maximum Gasteiger partial charge on any atom is 0.112 e. The van der Waals surface area contributed by atoms with Crippen LogP contribution in [0.3, 0.4) is 0 Å². The van der Waals surface area contributed by atoms with Gasteiger partial charge in [-0.05, 0) is 46.8 Å². The third kappa shape index (κ3) is 2.44. The van der Waals surface area contributed by atoms with Crippen LogP contribution < -0.4 is 10.6 Å². The molecule has 1 aliphatic carbocycles. The molecule has 0 amide bonds. The van der Waals surface area contributed by atoms with Gasteiger partial charge in [-0.15, -0.1) is 0 Å². The van der Waals surface area contributed by atoms with E-state index in [1.54, 1.807) is 0 Å². The molecule has 1 fully saturated rings. The first-order chi connectivity index (χ1) is 9.20. The Labute approximate surface area is 121 Å². The molecule has 0 saturated heterocycles. The van der Waals surface area contributed by atoms with Crippen molar-refractivity contribution < 1.29 is 0 Å². The summed E-state index contributed by atoms with van der Waals surface area (Å²) >= 11 is 3.43. The number of fused-ring (bicyclic) bond motifs is 1. The highest BCUT2D eigenvalue weighted by atomic mass is 79.9. The van der Waals surface area contributed by atoms with Gasteiger partial charge in [-0.25, -0.2) is 0 Å². The van der Waals surface area contributed by atoms with Gasteiger partial charge >= 0.3 is 0 Å². The summed E-state index contributed by atoms with van der Waals surface area (Å²) < 4.78 is 0.949. The minimum Gasteiger partial charge on any atom is -0.368 e. The largest absolute Gasteiger partial charge is 0.368 e. The summed E-state index contributed by atoms with van der Waals surface area (Å²) in [7, 11) is 2.11. The molecular weight excluding hydrogens is 304 g/mol. The van der Waals surface area contributed by atoms with Crippen molar-refractivity contribution in [3.63, 3.8) is 0 Å². The van der Waals surface area contributed by atoms with Gasteiger partial charge in [-0.3, -0.25) is 9.97 Å². The highest BCUT2D eigenvalue weighted by molar-refractivity contribution is 9.10. The van der Waals surface area contributed by atoms with Crippen molar-refractivity contribution in [3.8, 4) is 0 Å². The summed E-state index contributed by atoms with van der Waals surface area (Å²) in [5.74, 6) is 0.730. The quantitative estimate of drug-likeness (QED) is 0.940. The lowest BCUT2D eigenvalue weighted by Crippen LogP contribution is -2.39. The fourth-order valence-corrected chi connectivity index (χ4v) is 2.92. The van der Waals surface area contributed by atoms with E-state index in [9.17, 15) is 0 Å².